The number of thioether (sulfide) groups is 1. The monoisotopic (exact) mass is 302 g/mol. The molecule has 0 aliphatic heterocycles. The van der Waals surface area contributed by atoms with E-state index in [1.807, 2.05) is 41.8 Å². The molecule has 21 heavy (non-hydrogen) atoms. The van der Waals surface area contributed by atoms with Crippen molar-refractivity contribution < 1.29 is 9.21 Å². The first-order chi connectivity index (χ1) is 10.2. The van der Waals surface area contributed by atoms with Crippen LogP contribution < -0.4 is 5.32 Å². The number of pyridine rings is 1. The van der Waals surface area contributed by atoms with Gasteiger partial charge in [0.15, 0.2) is 10.8 Å². The highest BCUT2D eigenvalue weighted by Gasteiger charge is 2.13. The van der Waals surface area contributed by atoms with Gasteiger partial charge in [0.25, 0.3) is 0 Å². The number of hydrogen-bond acceptors (Lipinski definition) is 5. The van der Waals surface area contributed by atoms with Crippen LogP contribution in [0.25, 0.3) is 5.65 Å². The minimum Gasteiger partial charge on any atom is -0.467 e. The molecular weight excluding hydrogens is 288 g/mol. The fraction of sp³-hybridized carbons (Fsp3) is 0.214. The average molecular weight is 302 g/mol. The maximum atomic E-state index is 11.9. The molecule has 3 heterocycles. The number of fused-ring (bicyclic) bond motifs is 1. The maximum Gasteiger partial charge on any atom is 0.231 e. The van der Waals surface area contributed by atoms with Gasteiger partial charge in [-0.2, -0.15) is 0 Å². The molecule has 1 atom stereocenters. The second-order valence-electron chi connectivity index (χ2n) is 4.50. The second kappa shape index (κ2) is 6.01. The van der Waals surface area contributed by atoms with Crippen molar-refractivity contribution in [2.45, 2.75) is 18.1 Å². The molecule has 0 radical (unpaired) electrons. The average Bonchev–Trinajstić information content (AvgIpc) is 3.15. The van der Waals surface area contributed by atoms with Crippen LogP contribution in [0.5, 0.6) is 0 Å². The fourth-order valence-electron chi connectivity index (χ4n) is 1.94. The van der Waals surface area contributed by atoms with Crippen LogP contribution in [-0.4, -0.2) is 26.3 Å². The summed E-state index contributed by atoms with van der Waals surface area (Å²) in [7, 11) is 0. The predicted octanol–water partition coefficient (Wildman–Crippen LogP) is 2.29. The van der Waals surface area contributed by atoms with E-state index in [0.717, 1.165) is 11.4 Å². The van der Waals surface area contributed by atoms with E-state index in [1.54, 1.807) is 12.3 Å². The molecule has 0 bridgehead atoms. The van der Waals surface area contributed by atoms with E-state index in [0.29, 0.717) is 5.16 Å². The Hall–Kier alpha value is -2.28. The van der Waals surface area contributed by atoms with Crippen molar-refractivity contribution in [3.63, 3.8) is 0 Å². The molecule has 0 unspecified atom stereocenters. The lowest BCUT2D eigenvalue weighted by Gasteiger charge is -2.10. The summed E-state index contributed by atoms with van der Waals surface area (Å²) < 4.78 is 7.11. The first-order valence-electron chi connectivity index (χ1n) is 6.49. The molecule has 0 saturated heterocycles. The molecule has 0 spiro atoms. The minimum atomic E-state index is -0.150. The highest BCUT2D eigenvalue weighted by molar-refractivity contribution is 7.99. The van der Waals surface area contributed by atoms with Gasteiger partial charge < -0.3 is 9.73 Å². The molecule has 3 aromatic heterocycles. The number of carbonyl (C=O) groups excluding carboxylic acids is 1. The summed E-state index contributed by atoms with van der Waals surface area (Å²) in [6, 6.07) is 9.16. The number of furan rings is 1. The molecular formula is C14H14N4O2S. The molecule has 0 aliphatic carbocycles. The second-order valence-corrected chi connectivity index (χ2v) is 5.45. The quantitative estimate of drug-likeness (QED) is 0.732. The number of nitrogens with one attached hydrogen (secondary N) is 1. The van der Waals surface area contributed by atoms with Gasteiger partial charge in [-0.1, -0.05) is 17.8 Å². The third kappa shape index (κ3) is 3.08. The van der Waals surface area contributed by atoms with Gasteiger partial charge in [-0.15, -0.1) is 10.2 Å². The lowest BCUT2D eigenvalue weighted by molar-refractivity contribution is -0.119. The lowest BCUT2D eigenvalue weighted by atomic mass is 10.2. The topological polar surface area (TPSA) is 72.4 Å². The van der Waals surface area contributed by atoms with E-state index < -0.39 is 0 Å². The Morgan fingerprint density at radius 1 is 1.38 bits per heavy atom. The van der Waals surface area contributed by atoms with Gasteiger partial charge in [-0.25, -0.2) is 0 Å². The van der Waals surface area contributed by atoms with Gasteiger partial charge in [0.1, 0.15) is 5.76 Å². The van der Waals surface area contributed by atoms with E-state index in [1.165, 1.54) is 11.8 Å². The van der Waals surface area contributed by atoms with Gasteiger partial charge in [-0.3, -0.25) is 9.20 Å². The number of aromatic nitrogens is 3. The van der Waals surface area contributed by atoms with Crippen molar-refractivity contribution in [3.8, 4) is 0 Å². The van der Waals surface area contributed by atoms with Crippen LogP contribution in [0.3, 0.4) is 0 Å². The summed E-state index contributed by atoms with van der Waals surface area (Å²) in [4.78, 5) is 11.9. The molecule has 1 amide bonds. The molecule has 6 nitrogen and oxygen atoms in total. The summed E-state index contributed by atoms with van der Waals surface area (Å²) >= 11 is 1.35. The zero-order valence-electron chi connectivity index (χ0n) is 11.4. The van der Waals surface area contributed by atoms with E-state index in [9.17, 15) is 4.79 Å². The number of carbonyl (C=O) groups is 1. The van der Waals surface area contributed by atoms with E-state index in [4.69, 9.17) is 4.42 Å². The molecule has 3 aromatic rings. The summed E-state index contributed by atoms with van der Waals surface area (Å²) in [5.74, 6) is 0.943. The normalized spacial score (nSPS) is 12.4. The maximum absolute atomic E-state index is 11.9. The van der Waals surface area contributed by atoms with Gasteiger partial charge in [0.2, 0.25) is 5.91 Å². The summed E-state index contributed by atoms with van der Waals surface area (Å²) in [5.41, 5.74) is 0.768. The van der Waals surface area contributed by atoms with Crippen molar-refractivity contribution >= 4 is 23.3 Å². The van der Waals surface area contributed by atoms with Gasteiger partial charge in [0, 0.05) is 6.20 Å². The van der Waals surface area contributed by atoms with Crippen molar-refractivity contribution in [2.75, 3.05) is 5.75 Å². The molecule has 7 heteroatoms. The van der Waals surface area contributed by atoms with Gasteiger partial charge in [-0.05, 0) is 31.2 Å². The van der Waals surface area contributed by atoms with Crippen LogP contribution in [0.2, 0.25) is 0 Å². The number of rotatable bonds is 5. The van der Waals surface area contributed by atoms with Crippen molar-refractivity contribution in [2.24, 2.45) is 0 Å². The largest absolute Gasteiger partial charge is 0.467 e. The van der Waals surface area contributed by atoms with Crippen molar-refractivity contribution in [1.82, 2.24) is 19.9 Å². The lowest BCUT2D eigenvalue weighted by Crippen LogP contribution is -2.28. The third-order valence-corrected chi connectivity index (χ3v) is 3.91. The number of nitrogens with zero attached hydrogens (tertiary/aromatic N) is 3. The highest BCUT2D eigenvalue weighted by Crippen LogP contribution is 2.17. The highest BCUT2D eigenvalue weighted by atomic mass is 32.2. The Kier molecular flexibility index (Phi) is 3.92. The van der Waals surface area contributed by atoms with Crippen LogP contribution in [0.15, 0.2) is 52.4 Å². The van der Waals surface area contributed by atoms with Crippen molar-refractivity contribution in [3.05, 3.63) is 48.6 Å². The Balaban J connectivity index is 1.58. The first kappa shape index (κ1) is 13.7. The zero-order valence-corrected chi connectivity index (χ0v) is 12.2. The summed E-state index contributed by atoms with van der Waals surface area (Å²) in [6.07, 6.45) is 3.47. The summed E-state index contributed by atoms with van der Waals surface area (Å²) in [6.45, 7) is 1.88. The smallest absolute Gasteiger partial charge is 0.231 e. The van der Waals surface area contributed by atoms with Crippen LogP contribution in [0.1, 0.15) is 18.7 Å². The number of amides is 1. The van der Waals surface area contributed by atoms with E-state index >= 15 is 0 Å². The first-order valence-corrected chi connectivity index (χ1v) is 7.48. The fourth-order valence-corrected chi connectivity index (χ4v) is 2.68. The molecule has 108 valence electrons. The predicted molar refractivity (Wildman–Crippen MR) is 79.0 cm³/mol. The zero-order chi connectivity index (χ0) is 14.7. The van der Waals surface area contributed by atoms with E-state index in [-0.39, 0.29) is 17.7 Å². The molecule has 0 aliphatic rings. The molecule has 3 rings (SSSR count). The van der Waals surface area contributed by atoms with Gasteiger partial charge in [0.05, 0.1) is 18.1 Å². The Morgan fingerprint density at radius 3 is 3.10 bits per heavy atom. The Morgan fingerprint density at radius 2 is 2.29 bits per heavy atom. The SMILES string of the molecule is C[C@H](NC(=O)CSc1nnc2ccccn12)c1ccco1. The van der Waals surface area contributed by atoms with Crippen LogP contribution in [0.4, 0.5) is 0 Å². The van der Waals surface area contributed by atoms with Crippen molar-refractivity contribution in [1.29, 1.82) is 0 Å². The molecule has 0 saturated carbocycles. The van der Waals surface area contributed by atoms with Crippen LogP contribution in [-0.2, 0) is 4.79 Å². The molecule has 0 fully saturated rings. The Labute approximate surface area is 125 Å². The van der Waals surface area contributed by atoms with Crippen LogP contribution in [0, 0.1) is 0 Å². The minimum absolute atomic E-state index is 0.0726. The van der Waals surface area contributed by atoms with E-state index in [2.05, 4.69) is 15.5 Å². The van der Waals surface area contributed by atoms with Crippen LogP contribution >= 0.6 is 11.8 Å². The molecule has 0 aromatic carbocycles. The van der Waals surface area contributed by atoms with Gasteiger partial charge >= 0.3 is 0 Å². The standard InChI is InChI=1S/C14H14N4O2S/c1-10(11-5-4-8-20-11)15-13(19)9-21-14-17-16-12-6-2-3-7-18(12)14/h2-8,10H,9H2,1H3,(H,15,19)/t10-/m0/s1. The third-order valence-electron chi connectivity index (χ3n) is 2.96. The summed E-state index contributed by atoms with van der Waals surface area (Å²) in [5, 5.41) is 11.7. The molecule has 1 N–H and O–H groups in total. The number of hydrogen-bond donors (Lipinski definition) is 1. The Bertz CT molecular complexity index is 738.